The van der Waals surface area contributed by atoms with Crippen molar-refractivity contribution >= 4 is 12.0 Å². The molecule has 15 heavy (non-hydrogen) atoms. The second-order valence-corrected chi connectivity index (χ2v) is 3.28. The van der Waals surface area contributed by atoms with Gasteiger partial charge >= 0.3 is 0 Å². The molecule has 0 radical (unpaired) electrons. The van der Waals surface area contributed by atoms with Gasteiger partial charge in [0.05, 0.1) is 0 Å². The van der Waals surface area contributed by atoms with Gasteiger partial charge in [0.25, 0.3) is 0 Å². The maximum absolute atomic E-state index is 11.2. The zero-order valence-corrected chi connectivity index (χ0v) is 9.29. The van der Waals surface area contributed by atoms with E-state index in [9.17, 15) is 4.79 Å². The van der Waals surface area contributed by atoms with E-state index in [1.807, 2.05) is 31.2 Å². The number of aryl methyl sites for hydroxylation is 1. The van der Waals surface area contributed by atoms with Crippen LogP contribution in [0.1, 0.15) is 25.0 Å². The molecule has 0 fully saturated rings. The van der Waals surface area contributed by atoms with Crippen molar-refractivity contribution in [2.24, 2.45) is 0 Å². The van der Waals surface area contributed by atoms with Crippen molar-refractivity contribution < 1.29 is 4.79 Å². The highest BCUT2D eigenvalue weighted by molar-refractivity contribution is 5.91. The van der Waals surface area contributed by atoms with Crippen molar-refractivity contribution in [1.29, 1.82) is 0 Å². The fraction of sp³-hybridized carbons (Fsp3) is 0.308. The molecule has 2 heteroatoms. The van der Waals surface area contributed by atoms with Crippen LogP contribution in [0, 0.1) is 0 Å². The number of rotatable bonds is 4. The van der Waals surface area contributed by atoms with Gasteiger partial charge in [-0.3, -0.25) is 4.79 Å². The smallest absolute Gasteiger partial charge is 0.243 e. The minimum atomic E-state index is -0.0385. The Labute approximate surface area is 91.0 Å². The lowest BCUT2D eigenvalue weighted by atomic mass is 10.1. The van der Waals surface area contributed by atoms with Crippen LogP contribution in [0.5, 0.6) is 0 Å². The summed E-state index contributed by atoms with van der Waals surface area (Å²) in [6.45, 7) is 4.68. The molecule has 0 aliphatic carbocycles. The Balaban J connectivity index is 2.75. The summed E-state index contributed by atoms with van der Waals surface area (Å²) in [5.74, 6) is -0.0385. The van der Waals surface area contributed by atoms with Crippen molar-refractivity contribution in [3.05, 3.63) is 41.5 Å². The minimum absolute atomic E-state index is 0.0385. The van der Waals surface area contributed by atoms with E-state index in [0.717, 1.165) is 12.0 Å². The van der Waals surface area contributed by atoms with Crippen LogP contribution in [-0.4, -0.2) is 12.5 Å². The van der Waals surface area contributed by atoms with Gasteiger partial charge in [-0.25, -0.2) is 0 Å². The molecule has 0 aliphatic heterocycles. The number of carbonyl (C=O) groups is 1. The summed E-state index contributed by atoms with van der Waals surface area (Å²) in [4.78, 5) is 11.2. The van der Waals surface area contributed by atoms with Gasteiger partial charge in [-0.2, -0.15) is 0 Å². The number of benzene rings is 1. The Morgan fingerprint density at radius 3 is 2.73 bits per heavy atom. The number of carbonyl (C=O) groups excluding carboxylic acids is 1. The Bertz CT molecular complexity index is 355. The van der Waals surface area contributed by atoms with Gasteiger partial charge < -0.3 is 5.32 Å². The topological polar surface area (TPSA) is 29.1 Å². The van der Waals surface area contributed by atoms with Gasteiger partial charge in [0.2, 0.25) is 5.91 Å². The molecule has 1 aromatic carbocycles. The standard InChI is InChI=1S/C13H17NO/c1-3-11-7-5-6-8-12(11)9-10-13(15)14-4-2/h5-10H,3-4H2,1-2H3,(H,14,15)/b10-9+. The Morgan fingerprint density at radius 2 is 2.07 bits per heavy atom. The largest absolute Gasteiger partial charge is 0.353 e. The zero-order valence-electron chi connectivity index (χ0n) is 9.29. The Hall–Kier alpha value is -1.57. The van der Waals surface area contributed by atoms with Crippen molar-refractivity contribution in [2.75, 3.05) is 6.54 Å². The van der Waals surface area contributed by atoms with Crippen molar-refractivity contribution in [3.63, 3.8) is 0 Å². The molecule has 0 saturated heterocycles. The predicted molar refractivity (Wildman–Crippen MR) is 63.5 cm³/mol. The number of hydrogen-bond acceptors (Lipinski definition) is 1. The van der Waals surface area contributed by atoms with Crippen LogP contribution in [0.15, 0.2) is 30.3 Å². The first kappa shape index (κ1) is 11.5. The van der Waals surface area contributed by atoms with Gasteiger partial charge in [-0.15, -0.1) is 0 Å². The van der Waals surface area contributed by atoms with Crippen LogP contribution in [0.4, 0.5) is 0 Å². The molecule has 80 valence electrons. The molecule has 0 heterocycles. The molecular weight excluding hydrogens is 186 g/mol. The molecule has 1 amide bonds. The van der Waals surface area contributed by atoms with E-state index in [-0.39, 0.29) is 5.91 Å². The third-order valence-corrected chi connectivity index (χ3v) is 2.20. The SMILES string of the molecule is CCNC(=O)/C=C/c1ccccc1CC. The normalized spacial score (nSPS) is 10.5. The maximum atomic E-state index is 11.2. The lowest BCUT2D eigenvalue weighted by Gasteiger charge is -2.01. The molecule has 0 aliphatic rings. The minimum Gasteiger partial charge on any atom is -0.353 e. The van der Waals surface area contributed by atoms with Crippen LogP contribution in [-0.2, 0) is 11.2 Å². The van der Waals surface area contributed by atoms with Crippen LogP contribution in [0.25, 0.3) is 6.08 Å². The first-order valence-electron chi connectivity index (χ1n) is 5.31. The predicted octanol–water partition coefficient (Wildman–Crippen LogP) is 2.40. The molecule has 0 bridgehead atoms. The van der Waals surface area contributed by atoms with Gasteiger partial charge in [-0.1, -0.05) is 31.2 Å². The summed E-state index contributed by atoms with van der Waals surface area (Å²) < 4.78 is 0. The lowest BCUT2D eigenvalue weighted by Crippen LogP contribution is -2.19. The van der Waals surface area contributed by atoms with Gasteiger partial charge in [-0.05, 0) is 30.5 Å². The Morgan fingerprint density at radius 1 is 1.33 bits per heavy atom. The van der Waals surface area contributed by atoms with E-state index in [1.54, 1.807) is 6.08 Å². The van der Waals surface area contributed by atoms with Crippen molar-refractivity contribution in [1.82, 2.24) is 5.32 Å². The van der Waals surface area contributed by atoms with Crippen molar-refractivity contribution in [3.8, 4) is 0 Å². The molecule has 1 aromatic rings. The van der Waals surface area contributed by atoms with Crippen LogP contribution in [0.3, 0.4) is 0 Å². The summed E-state index contributed by atoms with van der Waals surface area (Å²) in [7, 11) is 0. The highest BCUT2D eigenvalue weighted by Crippen LogP contribution is 2.10. The maximum Gasteiger partial charge on any atom is 0.243 e. The molecule has 1 rings (SSSR count). The molecule has 0 unspecified atom stereocenters. The summed E-state index contributed by atoms with van der Waals surface area (Å²) in [5.41, 5.74) is 2.38. The van der Waals surface area contributed by atoms with Crippen LogP contribution in [0.2, 0.25) is 0 Å². The van der Waals surface area contributed by atoms with E-state index < -0.39 is 0 Å². The fourth-order valence-electron chi connectivity index (χ4n) is 1.42. The molecule has 0 spiro atoms. The highest BCUT2D eigenvalue weighted by Gasteiger charge is 1.96. The van der Waals surface area contributed by atoms with E-state index in [0.29, 0.717) is 6.54 Å². The highest BCUT2D eigenvalue weighted by atomic mass is 16.1. The number of likely N-dealkylation sites (N-methyl/N-ethyl adjacent to an activating group) is 1. The zero-order chi connectivity index (χ0) is 11.1. The van der Waals surface area contributed by atoms with Gasteiger partial charge in [0.1, 0.15) is 0 Å². The summed E-state index contributed by atoms with van der Waals surface area (Å²) >= 11 is 0. The van der Waals surface area contributed by atoms with Gasteiger partial charge in [0.15, 0.2) is 0 Å². The van der Waals surface area contributed by atoms with Crippen LogP contribution >= 0.6 is 0 Å². The summed E-state index contributed by atoms with van der Waals surface area (Å²) in [5, 5.41) is 2.73. The fourth-order valence-corrected chi connectivity index (χ4v) is 1.42. The van der Waals surface area contributed by atoms with E-state index in [4.69, 9.17) is 0 Å². The average Bonchev–Trinajstić information content (AvgIpc) is 2.27. The summed E-state index contributed by atoms with van der Waals surface area (Å²) in [6.07, 6.45) is 4.43. The Kier molecular flexibility index (Phi) is 4.61. The molecule has 0 atom stereocenters. The third-order valence-electron chi connectivity index (χ3n) is 2.20. The second-order valence-electron chi connectivity index (χ2n) is 3.28. The van der Waals surface area contributed by atoms with E-state index >= 15 is 0 Å². The van der Waals surface area contributed by atoms with Crippen molar-refractivity contribution in [2.45, 2.75) is 20.3 Å². The van der Waals surface area contributed by atoms with Crippen LogP contribution < -0.4 is 5.32 Å². The summed E-state index contributed by atoms with van der Waals surface area (Å²) in [6, 6.07) is 8.10. The molecular formula is C13H17NO. The van der Waals surface area contributed by atoms with E-state index in [2.05, 4.69) is 18.3 Å². The molecule has 0 saturated carbocycles. The third kappa shape index (κ3) is 3.58. The quantitative estimate of drug-likeness (QED) is 0.748. The molecule has 2 nitrogen and oxygen atoms in total. The van der Waals surface area contributed by atoms with Gasteiger partial charge in [0, 0.05) is 12.6 Å². The first-order chi connectivity index (χ1) is 7.27. The number of amides is 1. The monoisotopic (exact) mass is 203 g/mol. The number of hydrogen-bond donors (Lipinski definition) is 1. The lowest BCUT2D eigenvalue weighted by molar-refractivity contribution is -0.116. The first-order valence-corrected chi connectivity index (χ1v) is 5.31. The molecule has 0 aromatic heterocycles. The average molecular weight is 203 g/mol. The number of nitrogens with one attached hydrogen (secondary N) is 1. The second kappa shape index (κ2) is 6.02. The van der Waals surface area contributed by atoms with E-state index in [1.165, 1.54) is 5.56 Å². The molecule has 1 N–H and O–H groups in total.